The number of rotatable bonds is 0. The van der Waals surface area contributed by atoms with E-state index in [1.54, 1.807) is 0 Å². The topological polar surface area (TPSA) is 0 Å². The average Bonchev–Trinajstić information content (AvgIpc) is 0. The van der Waals surface area contributed by atoms with Gasteiger partial charge in [0.1, 0.15) is 0 Å². The molecular formula is SnTi3. The molecule has 4 radical (unpaired) electrons. The summed E-state index contributed by atoms with van der Waals surface area (Å²) >= 11 is 0. The van der Waals surface area contributed by atoms with Gasteiger partial charge < -0.3 is 0 Å². The predicted octanol–water partition coefficient (Wildman–Crippen LogP) is -0.388. The fourth-order valence-corrected chi connectivity index (χ4v) is 0. The fraction of sp³-hybridized carbons (Fsp3) is 0. The zero-order valence-electron chi connectivity index (χ0n) is 2.00. The zero-order chi connectivity index (χ0) is 0. The Hall–Kier alpha value is 2.94. The van der Waals surface area contributed by atoms with Crippen LogP contribution in [0.2, 0.25) is 0 Å². The van der Waals surface area contributed by atoms with Crippen LogP contribution in [0.3, 0.4) is 0 Å². The minimum atomic E-state index is 0. The molecule has 0 saturated heterocycles. The first-order valence-corrected chi connectivity index (χ1v) is 0. The van der Waals surface area contributed by atoms with Crippen molar-refractivity contribution in [3.63, 3.8) is 0 Å². The summed E-state index contributed by atoms with van der Waals surface area (Å²) in [5.74, 6) is 0. The molecule has 0 bridgehead atoms. The van der Waals surface area contributed by atoms with Crippen LogP contribution in [0.5, 0.6) is 0 Å². The van der Waals surface area contributed by atoms with Gasteiger partial charge in [-0.25, -0.2) is 0 Å². The van der Waals surface area contributed by atoms with E-state index in [1.807, 2.05) is 0 Å². The molecule has 0 aromatic carbocycles. The summed E-state index contributed by atoms with van der Waals surface area (Å²) in [5, 5.41) is 0. The van der Waals surface area contributed by atoms with Gasteiger partial charge in [0.05, 0.1) is 0 Å². The second-order valence-electron chi connectivity index (χ2n) is 0. The molecule has 0 nitrogen and oxygen atoms in total. The van der Waals surface area contributed by atoms with E-state index in [2.05, 4.69) is 0 Å². The van der Waals surface area contributed by atoms with Crippen LogP contribution in [-0.2, 0) is 65.2 Å². The van der Waals surface area contributed by atoms with Gasteiger partial charge in [-0.2, -0.15) is 0 Å². The number of hydrogen-bond donors (Lipinski definition) is 0. The van der Waals surface area contributed by atoms with Crippen LogP contribution in [0.1, 0.15) is 0 Å². The van der Waals surface area contributed by atoms with Gasteiger partial charge in [-0.05, 0) is 0 Å². The van der Waals surface area contributed by atoms with Crippen LogP contribution in [0.15, 0.2) is 0 Å². The molecule has 4 heavy (non-hydrogen) atoms. The molecule has 0 saturated carbocycles. The Morgan fingerprint density at radius 2 is 0.500 bits per heavy atom. The van der Waals surface area contributed by atoms with E-state index in [0.29, 0.717) is 0 Å². The van der Waals surface area contributed by atoms with E-state index in [-0.39, 0.29) is 89.1 Å². The maximum Gasteiger partial charge on any atom is 0 e. The van der Waals surface area contributed by atoms with Crippen molar-refractivity contribution in [1.29, 1.82) is 0 Å². The quantitative estimate of drug-likeness (QED) is 0.522. The van der Waals surface area contributed by atoms with Crippen LogP contribution in [0.4, 0.5) is 0 Å². The van der Waals surface area contributed by atoms with Gasteiger partial charge in [0, 0.05) is 89.1 Å². The van der Waals surface area contributed by atoms with Crippen molar-refractivity contribution in [2.24, 2.45) is 0 Å². The molecule has 0 amide bonds. The molecular weight excluding hydrogens is 262 g/mol. The summed E-state index contributed by atoms with van der Waals surface area (Å²) in [6.07, 6.45) is 0. The Morgan fingerprint density at radius 3 is 0.500 bits per heavy atom. The van der Waals surface area contributed by atoms with Gasteiger partial charge >= 0.3 is 0 Å². The van der Waals surface area contributed by atoms with Crippen LogP contribution in [0.25, 0.3) is 0 Å². The van der Waals surface area contributed by atoms with Crippen molar-refractivity contribution in [2.75, 3.05) is 0 Å². The molecule has 16 valence electrons. The van der Waals surface area contributed by atoms with Gasteiger partial charge in [0.2, 0.25) is 0 Å². The first-order valence-electron chi connectivity index (χ1n) is 0. The summed E-state index contributed by atoms with van der Waals surface area (Å²) < 4.78 is 0. The van der Waals surface area contributed by atoms with E-state index in [0.717, 1.165) is 0 Å². The maximum atomic E-state index is 0. The van der Waals surface area contributed by atoms with Crippen molar-refractivity contribution in [3.8, 4) is 0 Å². The van der Waals surface area contributed by atoms with Crippen LogP contribution in [-0.4, -0.2) is 23.9 Å². The van der Waals surface area contributed by atoms with E-state index < -0.39 is 0 Å². The monoisotopic (exact) mass is 264 g/mol. The number of hydrogen-bond acceptors (Lipinski definition) is 0. The zero-order valence-corrected chi connectivity index (χ0v) is 9.54. The molecule has 0 atom stereocenters. The third-order valence-corrected chi connectivity index (χ3v) is 0. The Bertz CT molecular complexity index is 3.25. The molecule has 0 aliphatic heterocycles. The summed E-state index contributed by atoms with van der Waals surface area (Å²) in [6, 6.07) is 0. The maximum absolute atomic E-state index is 0. The molecule has 0 rings (SSSR count). The van der Waals surface area contributed by atoms with E-state index in [1.165, 1.54) is 0 Å². The molecule has 0 unspecified atom stereocenters. The Kier molecular flexibility index (Phi) is 119. The van der Waals surface area contributed by atoms with Crippen LogP contribution in [0, 0.1) is 0 Å². The molecule has 0 spiro atoms. The predicted molar refractivity (Wildman–Crippen MR) is 5.75 cm³/mol. The molecule has 0 fully saturated rings. The molecule has 0 aliphatic rings. The summed E-state index contributed by atoms with van der Waals surface area (Å²) in [4.78, 5) is 0. The second-order valence-corrected chi connectivity index (χ2v) is 0. The normalized spacial score (nSPS) is 0. The molecule has 0 aromatic heterocycles. The fourth-order valence-electron chi connectivity index (χ4n) is 0. The van der Waals surface area contributed by atoms with Crippen molar-refractivity contribution in [3.05, 3.63) is 0 Å². The summed E-state index contributed by atoms with van der Waals surface area (Å²) in [5.41, 5.74) is 0. The van der Waals surface area contributed by atoms with Crippen molar-refractivity contribution in [2.45, 2.75) is 0 Å². The van der Waals surface area contributed by atoms with E-state index in [4.69, 9.17) is 0 Å². The average molecular weight is 262 g/mol. The largest absolute Gasteiger partial charge is 0 e. The van der Waals surface area contributed by atoms with Crippen LogP contribution < -0.4 is 0 Å². The van der Waals surface area contributed by atoms with Crippen LogP contribution >= 0.6 is 0 Å². The Morgan fingerprint density at radius 1 is 0.500 bits per heavy atom. The Labute approximate surface area is 87.5 Å². The molecule has 0 aromatic rings. The smallest absolute Gasteiger partial charge is 0 e. The molecule has 0 N–H and O–H groups in total. The van der Waals surface area contributed by atoms with E-state index >= 15 is 0 Å². The minimum absolute atomic E-state index is 0. The third-order valence-electron chi connectivity index (χ3n) is 0. The van der Waals surface area contributed by atoms with Gasteiger partial charge in [0.25, 0.3) is 0 Å². The Balaban J connectivity index is 0. The minimum Gasteiger partial charge on any atom is 0 e. The molecule has 4 heteroatoms. The standard InChI is InChI=1S/Sn.3Ti. The van der Waals surface area contributed by atoms with Crippen molar-refractivity contribution < 1.29 is 65.2 Å². The molecule has 0 aliphatic carbocycles. The van der Waals surface area contributed by atoms with Gasteiger partial charge in [-0.1, -0.05) is 0 Å². The van der Waals surface area contributed by atoms with Gasteiger partial charge in [-0.15, -0.1) is 0 Å². The third kappa shape index (κ3) is 8.87. The van der Waals surface area contributed by atoms with Crippen molar-refractivity contribution >= 4 is 23.9 Å². The second kappa shape index (κ2) is 16.8. The SMILES string of the molecule is [Sn].[Ti].[Ti].[Ti]. The first kappa shape index (κ1) is 28.3. The van der Waals surface area contributed by atoms with Crippen molar-refractivity contribution in [1.82, 2.24) is 0 Å². The summed E-state index contributed by atoms with van der Waals surface area (Å²) in [7, 11) is 0. The first-order chi connectivity index (χ1) is 0. The molecule has 0 heterocycles. The van der Waals surface area contributed by atoms with Gasteiger partial charge in [0.15, 0.2) is 0 Å². The van der Waals surface area contributed by atoms with E-state index in [9.17, 15) is 0 Å². The van der Waals surface area contributed by atoms with Gasteiger partial charge in [-0.3, -0.25) is 0 Å². The summed E-state index contributed by atoms with van der Waals surface area (Å²) in [6.45, 7) is 0.